The molecule has 0 radical (unpaired) electrons. The number of hydrogen-bond donors (Lipinski definition) is 1. The number of nitrogens with zero attached hydrogens (tertiary/aromatic N) is 2. The summed E-state index contributed by atoms with van der Waals surface area (Å²) >= 11 is 1.60. The summed E-state index contributed by atoms with van der Waals surface area (Å²) in [5.41, 5.74) is 0. The molecule has 0 aliphatic rings. The first-order chi connectivity index (χ1) is 6.83. The molecule has 5 heteroatoms. The summed E-state index contributed by atoms with van der Waals surface area (Å²) in [6.45, 7) is 2.09. The highest BCUT2D eigenvalue weighted by Gasteiger charge is 2.01. The Hall–Kier alpha value is -0.550. The number of aliphatic hydroxyl groups excluding tert-OH is 1. The topological polar surface area (TPSA) is 59.2 Å². The monoisotopic (exact) mass is 216 g/mol. The molecule has 0 bridgehead atoms. The second-order valence-electron chi connectivity index (χ2n) is 3.07. The molecule has 0 amide bonds. The van der Waals surface area contributed by atoms with Crippen molar-refractivity contribution in [3.05, 3.63) is 5.89 Å². The summed E-state index contributed by atoms with van der Waals surface area (Å²) in [7, 11) is 0. The third-order valence-corrected chi connectivity index (χ3v) is 2.69. The standard InChI is InChI=1S/C9H16N2O2S/c1-8-10-11-9(13-8)14-7-5-3-2-4-6-12/h12H,2-7H2,1H3. The second kappa shape index (κ2) is 6.84. The maximum atomic E-state index is 8.57. The predicted molar refractivity (Wildman–Crippen MR) is 55.3 cm³/mol. The Balaban J connectivity index is 1.99. The number of thioether (sulfide) groups is 1. The lowest BCUT2D eigenvalue weighted by Gasteiger charge is -1.97. The first-order valence-electron chi connectivity index (χ1n) is 4.86. The van der Waals surface area contributed by atoms with Crippen LogP contribution in [0.2, 0.25) is 0 Å². The van der Waals surface area contributed by atoms with E-state index in [1.165, 1.54) is 0 Å². The van der Waals surface area contributed by atoms with Crippen LogP contribution >= 0.6 is 11.8 Å². The van der Waals surface area contributed by atoms with Gasteiger partial charge < -0.3 is 9.52 Å². The summed E-state index contributed by atoms with van der Waals surface area (Å²) in [4.78, 5) is 0. The van der Waals surface area contributed by atoms with Crippen LogP contribution in [0.3, 0.4) is 0 Å². The summed E-state index contributed by atoms with van der Waals surface area (Å²) in [5, 5.41) is 16.9. The number of aliphatic hydroxyl groups is 1. The molecular formula is C9H16N2O2S. The quantitative estimate of drug-likeness (QED) is 0.558. The Bertz CT molecular complexity index is 253. The maximum Gasteiger partial charge on any atom is 0.276 e. The van der Waals surface area contributed by atoms with Crippen LogP contribution in [-0.4, -0.2) is 27.7 Å². The van der Waals surface area contributed by atoms with Gasteiger partial charge in [0.25, 0.3) is 5.22 Å². The summed E-state index contributed by atoms with van der Waals surface area (Å²) in [6.07, 6.45) is 4.29. The first-order valence-corrected chi connectivity index (χ1v) is 5.85. The Kier molecular flexibility index (Phi) is 5.63. The van der Waals surface area contributed by atoms with Crippen LogP contribution in [0.25, 0.3) is 0 Å². The number of rotatable bonds is 7. The van der Waals surface area contributed by atoms with Gasteiger partial charge in [-0.3, -0.25) is 0 Å². The molecule has 14 heavy (non-hydrogen) atoms. The van der Waals surface area contributed by atoms with E-state index in [4.69, 9.17) is 9.52 Å². The number of aryl methyl sites for hydroxylation is 1. The second-order valence-corrected chi connectivity index (χ2v) is 4.12. The van der Waals surface area contributed by atoms with Crippen molar-refractivity contribution in [3.8, 4) is 0 Å². The highest BCUT2D eigenvalue weighted by molar-refractivity contribution is 7.99. The Morgan fingerprint density at radius 1 is 1.21 bits per heavy atom. The molecule has 0 aromatic carbocycles. The Morgan fingerprint density at radius 3 is 2.64 bits per heavy atom. The third kappa shape index (κ3) is 4.62. The average molecular weight is 216 g/mol. The Labute approximate surface area is 88.1 Å². The summed E-state index contributed by atoms with van der Waals surface area (Å²) in [5.74, 6) is 1.63. The molecular weight excluding hydrogens is 200 g/mol. The van der Waals surface area contributed by atoms with Gasteiger partial charge in [-0.1, -0.05) is 24.6 Å². The van der Waals surface area contributed by atoms with Crippen LogP contribution in [0.5, 0.6) is 0 Å². The highest BCUT2D eigenvalue weighted by atomic mass is 32.2. The van der Waals surface area contributed by atoms with Gasteiger partial charge in [-0.05, 0) is 12.8 Å². The smallest absolute Gasteiger partial charge is 0.276 e. The average Bonchev–Trinajstić information content (AvgIpc) is 2.58. The van der Waals surface area contributed by atoms with E-state index in [2.05, 4.69) is 10.2 Å². The normalized spacial score (nSPS) is 10.7. The highest BCUT2D eigenvalue weighted by Crippen LogP contribution is 2.17. The minimum atomic E-state index is 0.302. The van der Waals surface area contributed by atoms with E-state index in [0.717, 1.165) is 31.4 Å². The molecule has 0 unspecified atom stereocenters. The zero-order chi connectivity index (χ0) is 10.2. The van der Waals surface area contributed by atoms with Gasteiger partial charge in [-0.15, -0.1) is 10.2 Å². The minimum absolute atomic E-state index is 0.302. The fourth-order valence-corrected chi connectivity index (χ4v) is 1.86. The van der Waals surface area contributed by atoms with Crippen molar-refractivity contribution in [2.24, 2.45) is 0 Å². The van der Waals surface area contributed by atoms with E-state index in [9.17, 15) is 0 Å². The van der Waals surface area contributed by atoms with Crippen LogP contribution < -0.4 is 0 Å². The lowest BCUT2D eigenvalue weighted by atomic mass is 10.2. The van der Waals surface area contributed by atoms with E-state index in [1.54, 1.807) is 18.7 Å². The van der Waals surface area contributed by atoms with Gasteiger partial charge >= 0.3 is 0 Å². The van der Waals surface area contributed by atoms with Gasteiger partial charge in [0.1, 0.15) is 0 Å². The summed E-state index contributed by atoms with van der Waals surface area (Å²) in [6, 6.07) is 0. The number of aromatic nitrogens is 2. The molecule has 1 N–H and O–H groups in total. The van der Waals surface area contributed by atoms with Crippen molar-refractivity contribution in [3.63, 3.8) is 0 Å². The molecule has 0 spiro atoms. The zero-order valence-electron chi connectivity index (χ0n) is 8.40. The maximum absolute atomic E-state index is 8.57. The van der Waals surface area contributed by atoms with Gasteiger partial charge in [0.15, 0.2) is 0 Å². The van der Waals surface area contributed by atoms with E-state index < -0.39 is 0 Å². The lowest BCUT2D eigenvalue weighted by Crippen LogP contribution is -1.85. The van der Waals surface area contributed by atoms with Crippen LogP contribution in [0.15, 0.2) is 9.64 Å². The van der Waals surface area contributed by atoms with Crippen molar-refractivity contribution in [1.82, 2.24) is 10.2 Å². The molecule has 0 saturated heterocycles. The molecule has 1 rings (SSSR count). The molecule has 80 valence electrons. The van der Waals surface area contributed by atoms with E-state index in [-0.39, 0.29) is 0 Å². The van der Waals surface area contributed by atoms with Crippen molar-refractivity contribution < 1.29 is 9.52 Å². The largest absolute Gasteiger partial charge is 0.416 e. The Morgan fingerprint density at radius 2 is 2.00 bits per heavy atom. The van der Waals surface area contributed by atoms with Gasteiger partial charge in [-0.2, -0.15) is 0 Å². The molecule has 0 atom stereocenters. The van der Waals surface area contributed by atoms with Gasteiger partial charge in [0.2, 0.25) is 5.89 Å². The summed E-state index contributed by atoms with van der Waals surface area (Å²) < 4.78 is 5.21. The van der Waals surface area contributed by atoms with Crippen molar-refractivity contribution >= 4 is 11.8 Å². The number of unbranched alkanes of at least 4 members (excludes halogenated alkanes) is 3. The lowest BCUT2D eigenvalue weighted by molar-refractivity contribution is 0.283. The fourth-order valence-electron chi connectivity index (χ4n) is 1.06. The molecule has 1 heterocycles. The minimum Gasteiger partial charge on any atom is -0.416 e. The SMILES string of the molecule is Cc1nnc(SCCCCCCO)o1. The van der Waals surface area contributed by atoms with Crippen LogP contribution in [-0.2, 0) is 0 Å². The molecule has 0 fully saturated rings. The molecule has 0 saturated carbocycles. The van der Waals surface area contributed by atoms with Crippen molar-refractivity contribution in [2.75, 3.05) is 12.4 Å². The van der Waals surface area contributed by atoms with Crippen LogP contribution in [0.4, 0.5) is 0 Å². The predicted octanol–water partition coefficient (Wildman–Crippen LogP) is 2.02. The molecule has 1 aromatic rings. The van der Waals surface area contributed by atoms with Gasteiger partial charge in [0.05, 0.1) is 0 Å². The third-order valence-electron chi connectivity index (χ3n) is 1.79. The van der Waals surface area contributed by atoms with E-state index in [0.29, 0.717) is 17.7 Å². The fraction of sp³-hybridized carbons (Fsp3) is 0.778. The molecule has 1 aromatic heterocycles. The molecule has 4 nitrogen and oxygen atoms in total. The van der Waals surface area contributed by atoms with Crippen LogP contribution in [0, 0.1) is 6.92 Å². The molecule has 0 aliphatic heterocycles. The van der Waals surface area contributed by atoms with Crippen molar-refractivity contribution in [1.29, 1.82) is 0 Å². The van der Waals surface area contributed by atoms with Gasteiger partial charge in [0, 0.05) is 19.3 Å². The van der Waals surface area contributed by atoms with Gasteiger partial charge in [-0.25, -0.2) is 0 Å². The van der Waals surface area contributed by atoms with E-state index in [1.807, 2.05) is 0 Å². The molecule has 0 aliphatic carbocycles. The van der Waals surface area contributed by atoms with Crippen molar-refractivity contribution in [2.45, 2.75) is 37.8 Å². The van der Waals surface area contributed by atoms with E-state index >= 15 is 0 Å². The first kappa shape index (κ1) is 11.5. The number of hydrogen-bond acceptors (Lipinski definition) is 5. The zero-order valence-corrected chi connectivity index (χ0v) is 9.22. The van der Waals surface area contributed by atoms with Crippen LogP contribution in [0.1, 0.15) is 31.6 Å².